The third-order valence-electron chi connectivity index (χ3n) is 3.36. The normalized spacial score (nSPS) is 19.7. The Morgan fingerprint density at radius 1 is 1.12 bits per heavy atom. The maximum Gasteiger partial charge on any atom is 0.128 e. The Morgan fingerprint density at radius 3 is 2.25 bits per heavy atom. The Labute approximate surface area is 97.1 Å². The van der Waals surface area contributed by atoms with Crippen LogP contribution < -0.4 is 5.32 Å². The van der Waals surface area contributed by atoms with Crippen LogP contribution in [0.3, 0.4) is 0 Å². The van der Waals surface area contributed by atoms with Crippen molar-refractivity contribution < 1.29 is 4.39 Å². The zero-order chi connectivity index (χ0) is 11.5. The van der Waals surface area contributed by atoms with Gasteiger partial charge >= 0.3 is 0 Å². The van der Waals surface area contributed by atoms with Crippen LogP contribution in [0.25, 0.3) is 0 Å². The highest BCUT2D eigenvalue weighted by Gasteiger charge is 2.24. The second kappa shape index (κ2) is 4.96. The summed E-state index contributed by atoms with van der Waals surface area (Å²) in [7, 11) is 0. The van der Waals surface area contributed by atoms with Gasteiger partial charge in [0.05, 0.1) is 0 Å². The lowest BCUT2D eigenvalue weighted by Crippen LogP contribution is -2.29. The topological polar surface area (TPSA) is 12.0 Å². The fourth-order valence-electron chi connectivity index (χ4n) is 2.58. The molecule has 1 fully saturated rings. The van der Waals surface area contributed by atoms with E-state index in [0.717, 1.165) is 42.6 Å². The Kier molecular flexibility index (Phi) is 3.59. The van der Waals surface area contributed by atoms with Gasteiger partial charge in [-0.15, -0.1) is 0 Å². The summed E-state index contributed by atoms with van der Waals surface area (Å²) in [6.45, 7) is 5.98. The van der Waals surface area contributed by atoms with E-state index in [1.165, 1.54) is 0 Å². The van der Waals surface area contributed by atoms with Crippen molar-refractivity contribution in [2.24, 2.45) is 5.92 Å². The number of hydrogen-bond acceptors (Lipinski definition) is 1. The monoisotopic (exact) mass is 221 g/mol. The summed E-state index contributed by atoms with van der Waals surface area (Å²) in [5, 5.41) is 3.28. The van der Waals surface area contributed by atoms with Crippen molar-refractivity contribution >= 4 is 0 Å². The largest absolute Gasteiger partial charge is 0.317 e. The molecule has 1 nitrogen and oxygen atoms in total. The molecule has 1 heterocycles. The van der Waals surface area contributed by atoms with E-state index in [0.29, 0.717) is 0 Å². The van der Waals surface area contributed by atoms with Gasteiger partial charge in [-0.25, -0.2) is 4.39 Å². The van der Waals surface area contributed by atoms with Gasteiger partial charge in [0.1, 0.15) is 6.17 Å². The molecule has 0 spiro atoms. The van der Waals surface area contributed by atoms with Crippen LogP contribution in [0.2, 0.25) is 0 Å². The second-order valence-electron chi connectivity index (χ2n) is 4.91. The fraction of sp³-hybridized carbons (Fsp3) is 0.571. The summed E-state index contributed by atoms with van der Waals surface area (Å²) in [6.07, 6.45) is 1.11. The van der Waals surface area contributed by atoms with Gasteiger partial charge in [-0.1, -0.05) is 29.3 Å². The van der Waals surface area contributed by atoms with E-state index in [4.69, 9.17) is 0 Å². The molecule has 16 heavy (non-hydrogen) atoms. The molecule has 88 valence electrons. The first kappa shape index (κ1) is 11.6. The third-order valence-corrected chi connectivity index (χ3v) is 3.36. The van der Waals surface area contributed by atoms with Crippen LogP contribution >= 0.6 is 0 Å². The summed E-state index contributed by atoms with van der Waals surface area (Å²) in [5.74, 6) is 0.197. The lowest BCUT2D eigenvalue weighted by atomic mass is 9.88. The number of piperidine rings is 1. The lowest BCUT2D eigenvalue weighted by molar-refractivity contribution is 0.190. The molecule has 1 N–H and O–H groups in total. The summed E-state index contributed by atoms with van der Waals surface area (Å²) in [5.41, 5.74) is 3.18. The Bertz CT molecular complexity index is 336. The van der Waals surface area contributed by atoms with Crippen LogP contribution in [0.4, 0.5) is 4.39 Å². The molecule has 2 rings (SSSR count). The van der Waals surface area contributed by atoms with Gasteiger partial charge < -0.3 is 5.32 Å². The first-order valence-corrected chi connectivity index (χ1v) is 6.10. The van der Waals surface area contributed by atoms with Gasteiger partial charge in [0.15, 0.2) is 0 Å². The minimum absolute atomic E-state index is 0.197. The molecule has 0 aliphatic carbocycles. The van der Waals surface area contributed by atoms with E-state index in [2.05, 4.69) is 11.4 Å². The molecule has 0 radical (unpaired) electrons. The molecule has 1 aliphatic heterocycles. The van der Waals surface area contributed by atoms with Crippen molar-refractivity contribution in [2.75, 3.05) is 13.1 Å². The van der Waals surface area contributed by atoms with E-state index >= 15 is 0 Å². The third kappa shape index (κ3) is 2.62. The molecule has 1 aromatic carbocycles. The van der Waals surface area contributed by atoms with Gasteiger partial charge in [0, 0.05) is 0 Å². The van der Waals surface area contributed by atoms with Crippen molar-refractivity contribution in [3.8, 4) is 0 Å². The summed E-state index contributed by atoms with van der Waals surface area (Å²) in [4.78, 5) is 0. The number of hydrogen-bond donors (Lipinski definition) is 1. The number of nitrogens with one attached hydrogen (secondary N) is 1. The van der Waals surface area contributed by atoms with Gasteiger partial charge in [0.25, 0.3) is 0 Å². The Morgan fingerprint density at radius 2 is 1.69 bits per heavy atom. The summed E-state index contributed by atoms with van der Waals surface area (Å²) < 4.78 is 14.4. The highest BCUT2D eigenvalue weighted by Crippen LogP contribution is 2.32. The number of alkyl halides is 1. The maximum atomic E-state index is 14.4. The highest BCUT2D eigenvalue weighted by molar-refractivity contribution is 5.30. The predicted molar refractivity (Wildman–Crippen MR) is 65.4 cm³/mol. The molecule has 1 aromatic rings. The van der Waals surface area contributed by atoms with Gasteiger partial charge in [-0.2, -0.15) is 0 Å². The van der Waals surface area contributed by atoms with Crippen LogP contribution in [0.5, 0.6) is 0 Å². The van der Waals surface area contributed by atoms with Crippen LogP contribution in [0, 0.1) is 19.8 Å². The fourth-order valence-corrected chi connectivity index (χ4v) is 2.58. The van der Waals surface area contributed by atoms with Crippen molar-refractivity contribution in [2.45, 2.75) is 32.9 Å². The Balaban J connectivity index is 2.15. The van der Waals surface area contributed by atoms with Gasteiger partial charge in [0.2, 0.25) is 0 Å². The highest BCUT2D eigenvalue weighted by atomic mass is 19.1. The molecule has 1 aliphatic rings. The quantitative estimate of drug-likeness (QED) is 0.808. The summed E-state index contributed by atoms with van der Waals surface area (Å²) >= 11 is 0. The first-order valence-electron chi connectivity index (χ1n) is 6.10. The molecule has 0 bridgehead atoms. The smallest absolute Gasteiger partial charge is 0.128 e. The van der Waals surface area contributed by atoms with Crippen molar-refractivity contribution in [1.29, 1.82) is 0 Å². The standard InChI is InChI=1S/C14H20FN/c1-10-7-11(2)9-13(8-10)14(15)12-3-5-16-6-4-12/h7-9,12,14,16H,3-6H2,1-2H3. The zero-order valence-corrected chi connectivity index (χ0v) is 10.1. The molecule has 0 amide bonds. The second-order valence-corrected chi connectivity index (χ2v) is 4.91. The van der Waals surface area contributed by atoms with Gasteiger partial charge in [-0.05, 0) is 51.3 Å². The summed E-state index contributed by atoms with van der Waals surface area (Å²) in [6, 6.07) is 6.07. The average Bonchev–Trinajstić information content (AvgIpc) is 2.28. The number of benzene rings is 1. The molecule has 0 aromatic heterocycles. The van der Waals surface area contributed by atoms with Crippen molar-refractivity contribution in [3.05, 3.63) is 34.9 Å². The SMILES string of the molecule is Cc1cc(C)cc(C(F)C2CCNCC2)c1. The lowest BCUT2D eigenvalue weighted by Gasteiger charge is -2.26. The first-order chi connectivity index (χ1) is 7.66. The number of halogens is 1. The minimum Gasteiger partial charge on any atom is -0.317 e. The van der Waals surface area contributed by atoms with E-state index in [-0.39, 0.29) is 5.92 Å². The number of rotatable bonds is 2. The maximum absolute atomic E-state index is 14.4. The van der Waals surface area contributed by atoms with Crippen molar-refractivity contribution in [1.82, 2.24) is 5.32 Å². The number of aryl methyl sites for hydroxylation is 2. The van der Waals surface area contributed by atoms with Crippen molar-refractivity contribution in [3.63, 3.8) is 0 Å². The van der Waals surface area contributed by atoms with Crippen LogP contribution in [-0.2, 0) is 0 Å². The molecular formula is C14H20FN. The predicted octanol–water partition coefficient (Wildman–Crippen LogP) is 3.31. The molecular weight excluding hydrogens is 201 g/mol. The Hall–Kier alpha value is -0.890. The molecule has 1 unspecified atom stereocenters. The van der Waals surface area contributed by atoms with Crippen LogP contribution in [-0.4, -0.2) is 13.1 Å². The molecule has 0 saturated carbocycles. The average molecular weight is 221 g/mol. The van der Waals surface area contributed by atoms with E-state index < -0.39 is 6.17 Å². The van der Waals surface area contributed by atoms with E-state index in [9.17, 15) is 4.39 Å². The molecule has 1 atom stereocenters. The zero-order valence-electron chi connectivity index (χ0n) is 10.1. The van der Waals surface area contributed by atoms with Crippen LogP contribution in [0.1, 0.15) is 35.7 Å². The van der Waals surface area contributed by atoms with E-state index in [1.807, 2.05) is 26.0 Å². The van der Waals surface area contributed by atoms with Gasteiger partial charge in [-0.3, -0.25) is 0 Å². The minimum atomic E-state index is -0.791. The molecule has 1 saturated heterocycles. The molecule has 2 heteroatoms. The van der Waals surface area contributed by atoms with Crippen LogP contribution in [0.15, 0.2) is 18.2 Å². The van der Waals surface area contributed by atoms with E-state index in [1.54, 1.807) is 0 Å².